The molecule has 6 heteroatoms. The topological polar surface area (TPSA) is 49.8 Å². The summed E-state index contributed by atoms with van der Waals surface area (Å²) >= 11 is 7.77. The van der Waals surface area contributed by atoms with Crippen LogP contribution in [0.2, 0.25) is 5.02 Å². The van der Waals surface area contributed by atoms with Gasteiger partial charge in [0.25, 0.3) is 0 Å². The molecule has 144 valence electrons. The third-order valence-electron chi connectivity index (χ3n) is 4.97. The van der Waals surface area contributed by atoms with Gasteiger partial charge in [-0.2, -0.15) is 0 Å². The lowest BCUT2D eigenvalue weighted by molar-refractivity contribution is 0.0811. The number of hydrogen-bond donors (Lipinski definition) is 1. The van der Waals surface area contributed by atoms with Crippen LogP contribution >= 0.6 is 23.4 Å². The van der Waals surface area contributed by atoms with Crippen LogP contribution in [-0.4, -0.2) is 42.2 Å². The minimum atomic E-state index is -0.0386. The third kappa shape index (κ3) is 4.78. The van der Waals surface area contributed by atoms with E-state index in [0.717, 1.165) is 42.0 Å². The molecule has 0 aromatic heterocycles. The van der Waals surface area contributed by atoms with E-state index in [-0.39, 0.29) is 22.5 Å². The number of phenols is 1. The molecular weight excluding hydrogens is 382 g/mol. The molecule has 0 unspecified atom stereocenters. The molecule has 1 saturated heterocycles. The van der Waals surface area contributed by atoms with Gasteiger partial charge in [-0.15, -0.1) is 11.8 Å². The van der Waals surface area contributed by atoms with Crippen molar-refractivity contribution in [3.05, 3.63) is 52.5 Å². The molecular formula is C21H24ClNO3S. The maximum Gasteiger partial charge on any atom is 0.176 e. The molecule has 0 amide bonds. The molecule has 0 bridgehead atoms. The number of likely N-dealkylation sites (tertiary alicyclic amines) is 1. The zero-order valence-electron chi connectivity index (χ0n) is 15.6. The zero-order chi connectivity index (χ0) is 19.4. The van der Waals surface area contributed by atoms with Crippen molar-refractivity contribution in [3.8, 4) is 11.5 Å². The van der Waals surface area contributed by atoms with Gasteiger partial charge in [0.05, 0.1) is 12.1 Å². The Bertz CT molecular complexity index is 810. The monoisotopic (exact) mass is 405 g/mol. The maximum atomic E-state index is 12.9. The van der Waals surface area contributed by atoms with Crippen molar-refractivity contribution in [2.24, 2.45) is 5.92 Å². The van der Waals surface area contributed by atoms with Crippen molar-refractivity contribution in [2.45, 2.75) is 24.3 Å². The van der Waals surface area contributed by atoms with Gasteiger partial charge >= 0.3 is 0 Å². The molecule has 0 aliphatic carbocycles. The Kier molecular flexibility index (Phi) is 6.68. The number of carbonyl (C=O) groups excluding carboxylic acids is 1. The molecule has 27 heavy (non-hydrogen) atoms. The molecule has 1 atom stereocenters. The van der Waals surface area contributed by atoms with Gasteiger partial charge in [-0.1, -0.05) is 23.7 Å². The second-order valence-electron chi connectivity index (χ2n) is 6.80. The Balaban J connectivity index is 1.68. The second-order valence-corrected chi connectivity index (χ2v) is 8.08. The van der Waals surface area contributed by atoms with Gasteiger partial charge < -0.3 is 9.84 Å². The van der Waals surface area contributed by atoms with E-state index >= 15 is 0 Å². The van der Waals surface area contributed by atoms with Crippen molar-refractivity contribution < 1.29 is 14.6 Å². The number of nitrogens with zero attached hydrogens (tertiary/aromatic N) is 1. The Morgan fingerprint density at radius 1 is 1.33 bits per heavy atom. The fourth-order valence-electron chi connectivity index (χ4n) is 3.54. The molecule has 1 N–H and O–H groups in total. The summed E-state index contributed by atoms with van der Waals surface area (Å²) in [4.78, 5) is 16.3. The molecule has 0 spiro atoms. The van der Waals surface area contributed by atoms with Gasteiger partial charge in [0.1, 0.15) is 0 Å². The number of piperidine rings is 1. The highest BCUT2D eigenvalue weighted by Crippen LogP contribution is 2.35. The van der Waals surface area contributed by atoms with E-state index in [4.69, 9.17) is 16.3 Å². The van der Waals surface area contributed by atoms with Crippen LogP contribution in [0.25, 0.3) is 0 Å². The van der Waals surface area contributed by atoms with E-state index in [9.17, 15) is 9.90 Å². The number of Topliss-reactive ketones (excluding diaryl/α,β-unsaturated/α-hetero) is 1. The number of ketones is 1. The molecule has 1 aliphatic rings. The first kappa shape index (κ1) is 20.1. The predicted molar refractivity (Wildman–Crippen MR) is 110 cm³/mol. The Morgan fingerprint density at radius 3 is 2.74 bits per heavy atom. The number of phenolic OH excluding ortho intramolecular Hbond substituents is 1. The van der Waals surface area contributed by atoms with Crippen LogP contribution < -0.4 is 4.74 Å². The number of thioether (sulfide) groups is 1. The average molecular weight is 406 g/mol. The van der Waals surface area contributed by atoms with E-state index in [1.165, 1.54) is 7.11 Å². The molecule has 3 rings (SSSR count). The molecule has 0 saturated carbocycles. The minimum Gasteiger partial charge on any atom is -0.503 e. The first-order valence-electron chi connectivity index (χ1n) is 8.97. The lowest BCUT2D eigenvalue weighted by Gasteiger charge is -2.32. The Morgan fingerprint density at radius 2 is 2.07 bits per heavy atom. The number of benzene rings is 2. The van der Waals surface area contributed by atoms with Crippen LogP contribution in [0, 0.1) is 5.92 Å². The summed E-state index contributed by atoms with van der Waals surface area (Å²) in [6.45, 7) is 2.34. The lowest BCUT2D eigenvalue weighted by atomic mass is 9.90. The van der Waals surface area contributed by atoms with E-state index in [2.05, 4.69) is 4.90 Å². The smallest absolute Gasteiger partial charge is 0.176 e. The van der Waals surface area contributed by atoms with E-state index in [1.54, 1.807) is 23.9 Å². The highest BCUT2D eigenvalue weighted by Gasteiger charge is 2.27. The van der Waals surface area contributed by atoms with Crippen LogP contribution in [0.15, 0.2) is 41.3 Å². The van der Waals surface area contributed by atoms with Gasteiger partial charge in [0, 0.05) is 29.5 Å². The van der Waals surface area contributed by atoms with E-state index < -0.39 is 0 Å². The van der Waals surface area contributed by atoms with Crippen molar-refractivity contribution in [2.75, 3.05) is 26.5 Å². The zero-order valence-corrected chi connectivity index (χ0v) is 17.1. The average Bonchev–Trinajstić information content (AvgIpc) is 2.70. The van der Waals surface area contributed by atoms with Gasteiger partial charge in [0.2, 0.25) is 0 Å². The first-order chi connectivity index (χ1) is 13.0. The molecule has 1 aliphatic heterocycles. The molecule has 2 aromatic rings. The minimum absolute atomic E-state index is 0.00774. The predicted octanol–water partition coefficient (Wildman–Crippen LogP) is 4.87. The summed E-state index contributed by atoms with van der Waals surface area (Å²) < 4.78 is 5.18. The fourth-order valence-corrected chi connectivity index (χ4v) is 4.18. The maximum absolute atomic E-state index is 12.9. The first-order valence-corrected chi connectivity index (χ1v) is 10.6. The summed E-state index contributed by atoms with van der Waals surface area (Å²) in [5, 5.41) is 10.2. The van der Waals surface area contributed by atoms with Gasteiger partial charge in [0.15, 0.2) is 17.3 Å². The van der Waals surface area contributed by atoms with Crippen LogP contribution in [0.5, 0.6) is 11.5 Å². The SMILES string of the molecule is COc1cc(CN2CCC[C@@H](C(=O)c3ccc(SC)cc3)C2)cc(Cl)c1O. The van der Waals surface area contributed by atoms with Crippen molar-refractivity contribution in [1.82, 2.24) is 4.90 Å². The van der Waals surface area contributed by atoms with Crippen LogP contribution in [0.1, 0.15) is 28.8 Å². The fraction of sp³-hybridized carbons (Fsp3) is 0.381. The quantitative estimate of drug-likeness (QED) is 0.548. The number of ether oxygens (including phenoxy) is 1. The molecule has 1 fully saturated rings. The van der Waals surface area contributed by atoms with E-state index in [1.807, 2.05) is 30.5 Å². The van der Waals surface area contributed by atoms with Crippen molar-refractivity contribution in [3.63, 3.8) is 0 Å². The number of rotatable bonds is 6. The number of hydrogen-bond acceptors (Lipinski definition) is 5. The lowest BCUT2D eigenvalue weighted by Crippen LogP contribution is -2.38. The number of methoxy groups -OCH3 is 1. The number of halogens is 1. The second kappa shape index (κ2) is 9.00. The van der Waals surface area contributed by atoms with E-state index in [0.29, 0.717) is 12.3 Å². The van der Waals surface area contributed by atoms with Gasteiger partial charge in [-0.3, -0.25) is 9.69 Å². The van der Waals surface area contributed by atoms with Crippen LogP contribution in [0.3, 0.4) is 0 Å². The summed E-state index contributed by atoms with van der Waals surface area (Å²) in [6, 6.07) is 11.4. The molecule has 2 aromatic carbocycles. The molecule has 4 nitrogen and oxygen atoms in total. The third-order valence-corrected chi connectivity index (χ3v) is 6.00. The van der Waals surface area contributed by atoms with Gasteiger partial charge in [-0.25, -0.2) is 0 Å². The summed E-state index contributed by atoms with van der Waals surface area (Å²) in [5.74, 6) is 0.557. The summed E-state index contributed by atoms with van der Waals surface area (Å²) in [6.07, 6.45) is 3.93. The highest BCUT2D eigenvalue weighted by atomic mass is 35.5. The number of aromatic hydroxyl groups is 1. The standard InChI is InChI=1S/C21H24ClNO3S/c1-26-19-11-14(10-18(22)21(19)25)12-23-9-3-4-16(13-23)20(24)15-5-7-17(27-2)8-6-15/h5-8,10-11,16,25H,3-4,9,12-13H2,1-2H3/t16-/m1/s1. The van der Waals surface area contributed by atoms with Crippen molar-refractivity contribution >= 4 is 29.1 Å². The molecule has 1 heterocycles. The summed E-state index contributed by atoms with van der Waals surface area (Å²) in [5.41, 5.74) is 1.75. The Labute approximate surface area is 169 Å². The number of carbonyl (C=O) groups is 1. The normalized spacial score (nSPS) is 17.7. The molecule has 0 radical (unpaired) electrons. The van der Waals surface area contributed by atoms with Gasteiger partial charge in [-0.05, 0) is 55.5 Å². The summed E-state index contributed by atoms with van der Waals surface area (Å²) in [7, 11) is 1.51. The highest BCUT2D eigenvalue weighted by molar-refractivity contribution is 7.98. The van der Waals surface area contributed by atoms with Crippen molar-refractivity contribution in [1.29, 1.82) is 0 Å². The van der Waals surface area contributed by atoms with Crippen LogP contribution in [0.4, 0.5) is 0 Å². The largest absolute Gasteiger partial charge is 0.503 e. The van der Waals surface area contributed by atoms with Crippen LogP contribution in [-0.2, 0) is 6.54 Å². The Hall–Kier alpha value is -1.69.